The van der Waals surface area contributed by atoms with E-state index in [0.717, 1.165) is 10.5 Å². The third-order valence-electron chi connectivity index (χ3n) is 4.69. The van der Waals surface area contributed by atoms with E-state index < -0.39 is 12.0 Å². The Hall–Kier alpha value is -1.77. The normalized spacial score (nSPS) is 21.6. The SMILES string of the molecule is CC[C@@H]1SC2=NC(C)=C(C(=O)OCCOC)[C@H](c3ccc(SC)cc3)N2C1=O. The van der Waals surface area contributed by atoms with Gasteiger partial charge in [-0.05, 0) is 37.3 Å². The average molecular weight is 421 g/mol. The highest BCUT2D eigenvalue weighted by Crippen LogP contribution is 2.44. The largest absolute Gasteiger partial charge is 0.460 e. The van der Waals surface area contributed by atoms with Gasteiger partial charge < -0.3 is 9.47 Å². The number of methoxy groups -OCH3 is 1. The minimum absolute atomic E-state index is 0.0140. The van der Waals surface area contributed by atoms with Crippen molar-refractivity contribution < 1.29 is 19.1 Å². The molecule has 6 nitrogen and oxygen atoms in total. The first kappa shape index (κ1) is 21.0. The molecule has 0 bridgehead atoms. The Morgan fingerprint density at radius 3 is 2.61 bits per heavy atom. The van der Waals surface area contributed by atoms with Crippen molar-refractivity contribution in [3.8, 4) is 0 Å². The van der Waals surface area contributed by atoms with Crippen LogP contribution in [0.5, 0.6) is 0 Å². The Kier molecular flexibility index (Phi) is 6.85. The molecule has 2 aliphatic heterocycles. The Bertz CT molecular complexity index is 820. The number of esters is 1. The monoisotopic (exact) mass is 420 g/mol. The van der Waals surface area contributed by atoms with Crippen LogP contribution in [0.4, 0.5) is 0 Å². The number of fused-ring (bicyclic) bond motifs is 1. The number of hydrogen-bond acceptors (Lipinski definition) is 7. The molecule has 0 aromatic heterocycles. The second-order valence-corrected chi connectivity index (χ2v) is 8.47. The van der Waals surface area contributed by atoms with Gasteiger partial charge in [-0.15, -0.1) is 11.8 Å². The van der Waals surface area contributed by atoms with Crippen LogP contribution in [-0.4, -0.2) is 53.8 Å². The topological polar surface area (TPSA) is 68.2 Å². The smallest absolute Gasteiger partial charge is 0.338 e. The van der Waals surface area contributed by atoms with Crippen molar-refractivity contribution in [2.24, 2.45) is 4.99 Å². The lowest BCUT2D eigenvalue weighted by Gasteiger charge is -2.33. The molecule has 0 radical (unpaired) electrons. The maximum absolute atomic E-state index is 13.0. The highest BCUT2D eigenvalue weighted by Gasteiger charge is 2.47. The summed E-state index contributed by atoms with van der Waals surface area (Å²) in [6.07, 6.45) is 2.72. The second-order valence-electron chi connectivity index (χ2n) is 6.42. The Morgan fingerprint density at radius 2 is 2.00 bits per heavy atom. The van der Waals surface area contributed by atoms with Crippen molar-refractivity contribution in [2.75, 3.05) is 26.6 Å². The minimum Gasteiger partial charge on any atom is -0.460 e. The molecule has 1 fully saturated rings. The molecule has 0 saturated carbocycles. The number of amides is 1. The zero-order valence-electron chi connectivity index (χ0n) is 16.4. The van der Waals surface area contributed by atoms with Crippen molar-refractivity contribution in [3.63, 3.8) is 0 Å². The zero-order valence-corrected chi connectivity index (χ0v) is 18.1. The summed E-state index contributed by atoms with van der Waals surface area (Å²) >= 11 is 3.11. The molecule has 0 unspecified atom stereocenters. The summed E-state index contributed by atoms with van der Waals surface area (Å²) in [5.41, 5.74) is 1.86. The molecule has 1 amide bonds. The van der Waals surface area contributed by atoms with Crippen molar-refractivity contribution in [1.82, 2.24) is 4.90 Å². The summed E-state index contributed by atoms with van der Waals surface area (Å²) in [4.78, 5) is 33.3. The molecule has 0 N–H and O–H groups in total. The van der Waals surface area contributed by atoms with Crippen molar-refractivity contribution in [3.05, 3.63) is 41.1 Å². The first-order valence-electron chi connectivity index (χ1n) is 9.11. The van der Waals surface area contributed by atoms with Gasteiger partial charge in [-0.25, -0.2) is 9.79 Å². The van der Waals surface area contributed by atoms with Gasteiger partial charge >= 0.3 is 5.97 Å². The van der Waals surface area contributed by atoms with Gasteiger partial charge in [0, 0.05) is 12.0 Å². The predicted molar refractivity (Wildman–Crippen MR) is 112 cm³/mol. The number of hydrogen-bond donors (Lipinski definition) is 0. The van der Waals surface area contributed by atoms with Crippen LogP contribution in [0.25, 0.3) is 0 Å². The van der Waals surface area contributed by atoms with Crippen LogP contribution in [0.2, 0.25) is 0 Å². The maximum Gasteiger partial charge on any atom is 0.338 e. The van der Waals surface area contributed by atoms with Gasteiger partial charge in [-0.3, -0.25) is 9.69 Å². The van der Waals surface area contributed by atoms with Crippen LogP contribution in [0.3, 0.4) is 0 Å². The number of carbonyl (C=O) groups excluding carboxylic acids is 2. The number of nitrogens with zero attached hydrogens (tertiary/aromatic N) is 2. The fourth-order valence-electron chi connectivity index (χ4n) is 3.25. The van der Waals surface area contributed by atoms with Crippen LogP contribution in [0, 0.1) is 0 Å². The zero-order chi connectivity index (χ0) is 20.3. The summed E-state index contributed by atoms with van der Waals surface area (Å²) in [5, 5.41) is 0.477. The number of aliphatic imine (C=N–C) groups is 1. The summed E-state index contributed by atoms with van der Waals surface area (Å²) in [6.45, 7) is 4.25. The lowest BCUT2D eigenvalue weighted by molar-refractivity contribution is -0.141. The number of amidine groups is 1. The van der Waals surface area contributed by atoms with E-state index in [4.69, 9.17) is 9.47 Å². The Morgan fingerprint density at radius 1 is 1.29 bits per heavy atom. The maximum atomic E-state index is 13.0. The summed E-state index contributed by atoms with van der Waals surface area (Å²) in [5.74, 6) is -0.478. The molecule has 2 heterocycles. The third kappa shape index (κ3) is 3.99. The first-order valence-corrected chi connectivity index (χ1v) is 11.2. The molecule has 1 aromatic rings. The van der Waals surface area contributed by atoms with Crippen LogP contribution in [-0.2, 0) is 19.1 Å². The lowest BCUT2D eigenvalue weighted by Crippen LogP contribution is -2.40. The number of ether oxygens (including phenoxy) is 2. The van der Waals surface area contributed by atoms with E-state index in [1.807, 2.05) is 37.4 Å². The average Bonchev–Trinajstić information content (AvgIpc) is 3.02. The standard InChI is InChI=1S/C20H24N2O4S2/c1-5-15-18(23)22-17(13-6-8-14(27-4)9-7-13)16(12(2)21-20(22)28-15)19(24)26-11-10-25-3/h6-9,15,17H,5,10-11H2,1-4H3/t15-,17-/m0/s1. The molecule has 8 heteroatoms. The van der Waals surface area contributed by atoms with E-state index in [0.29, 0.717) is 29.5 Å². The van der Waals surface area contributed by atoms with Gasteiger partial charge in [0.15, 0.2) is 5.17 Å². The van der Waals surface area contributed by atoms with Crippen LogP contribution < -0.4 is 0 Å². The van der Waals surface area contributed by atoms with Gasteiger partial charge in [0.1, 0.15) is 6.61 Å². The lowest BCUT2D eigenvalue weighted by atomic mass is 9.94. The number of benzene rings is 1. The van der Waals surface area contributed by atoms with E-state index in [9.17, 15) is 9.59 Å². The van der Waals surface area contributed by atoms with E-state index in [1.165, 1.54) is 11.8 Å². The predicted octanol–water partition coefficient (Wildman–Crippen LogP) is 3.64. The molecule has 2 atom stereocenters. The van der Waals surface area contributed by atoms with E-state index >= 15 is 0 Å². The Balaban J connectivity index is 2.03. The minimum atomic E-state index is -0.532. The summed E-state index contributed by atoms with van der Waals surface area (Å²) in [7, 11) is 1.55. The molecule has 1 aromatic carbocycles. The second kappa shape index (κ2) is 9.15. The molecule has 28 heavy (non-hydrogen) atoms. The third-order valence-corrected chi connectivity index (χ3v) is 6.76. The van der Waals surface area contributed by atoms with E-state index in [-0.39, 0.29) is 17.8 Å². The molecule has 0 spiro atoms. The van der Waals surface area contributed by atoms with Gasteiger partial charge in [0.05, 0.1) is 29.2 Å². The van der Waals surface area contributed by atoms with Gasteiger partial charge in [0.25, 0.3) is 0 Å². The van der Waals surface area contributed by atoms with Crippen LogP contribution in [0.15, 0.2) is 45.4 Å². The van der Waals surface area contributed by atoms with Crippen LogP contribution in [0.1, 0.15) is 31.9 Å². The van der Waals surface area contributed by atoms with Gasteiger partial charge in [-0.1, -0.05) is 30.8 Å². The fourth-order valence-corrected chi connectivity index (χ4v) is 4.79. The van der Waals surface area contributed by atoms with Gasteiger partial charge in [0.2, 0.25) is 5.91 Å². The molecule has 3 rings (SSSR count). The van der Waals surface area contributed by atoms with Gasteiger partial charge in [-0.2, -0.15) is 0 Å². The van der Waals surface area contributed by atoms with Crippen molar-refractivity contribution in [2.45, 2.75) is 36.5 Å². The molecular weight excluding hydrogens is 396 g/mol. The molecule has 2 aliphatic rings. The molecular formula is C20H24N2O4S2. The molecule has 150 valence electrons. The quantitative estimate of drug-likeness (QED) is 0.381. The number of carbonyl (C=O) groups is 2. The highest BCUT2D eigenvalue weighted by molar-refractivity contribution is 8.15. The summed E-state index contributed by atoms with van der Waals surface area (Å²) < 4.78 is 10.4. The van der Waals surface area contributed by atoms with Crippen LogP contribution >= 0.6 is 23.5 Å². The van der Waals surface area contributed by atoms with E-state index in [2.05, 4.69) is 4.99 Å². The molecule has 0 aliphatic carbocycles. The Labute approximate surface area is 173 Å². The van der Waals surface area contributed by atoms with Crippen molar-refractivity contribution in [1.29, 1.82) is 0 Å². The molecule has 1 saturated heterocycles. The number of thioether (sulfide) groups is 2. The number of rotatable bonds is 7. The van der Waals surface area contributed by atoms with Crippen molar-refractivity contribution >= 4 is 40.6 Å². The highest BCUT2D eigenvalue weighted by atomic mass is 32.2. The first-order chi connectivity index (χ1) is 13.5. The number of allylic oxidation sites excluding steroid dienone is 1. The summed E-state index contributed by atoms with van der Waals surface area (Å²) in [6, 6.07) is 7.40. The fraction of sp³-hybridized carbons (Fsp3) is 0.450. The van der Waals surface area contributed by atoms with E-state index in [1.54, 1.807) is 30.7 Å².